The number of hydrogen-bond acceptors (Lipinski definition) is 6. The van der Waals surface area contributed by atoms with Gasteiger partial charge in [0.15, 0.2) is 11.8 Å². The number of halogens is 1. The van der Waals surface area contributed by atoms with E-state index in [9.17, 15) is 19.7 Å². The zero-order valence-electron chi connectivity index (χ0n) is 19.8. The Morgan fingerprint density at radius 1 is 0.912 bits per heavy atom. The molecule has 2 heterocycles. The van der Waals surface area contributed by atoms with Gasteiger partial charge in [0.25, 0.3) is 0 Å². The topological polar surface area (TPSA) is 81.3 Å². The van der Waals surface area contributed by atoms with E-state index in [1.54, 1.807) is 12.1 Å². The van der Waals surface area contributed by atoms with Crippen molar-refractivity contribution >= 4 is 5.69 Å². The first-order valence-electron chi connectivity index (χ1n) is 12.7. The molecule has 7 nitrogen and oxygen atoms in total. The predicted octanol–water partition coefficient (Wildman–Crippen LogP) is 3.42. The number of ether oxygens (including phenoxy) is 1. The number of rotatable bonds is 7. The Morgan fingerprint density at radius 2 is 1.56 bits per heavy atom. The van der Waals surface area contributed by atoms with Gasteiger partial charge in [-0.15, -0.1) is 0 Å². The lowest BCUT2D eigenvalue weighted by molar-refractivity contribution is 0.0907. The normalized spacial score (nSPS) is 20.5. The minimum Gasteiger partial charge on any atom is -0.494 e. The third-order valence-corrected chi connectivity index (χ3v) is 7.61. The molecule has 186 valence electrons. The molecule has 34 heavy (non-hydrogen) atoms. The zero-order valence-corrected chi connectivity index (χ0v) is 19.8. The molecule has 1 atom stereocenters. The molecule has 5 rings (SSSR count). The van der Waals surface area contributed by atoms with E-state index in [2.05, 4.69) is 9.80 Å². The Bertz CT molecular complexity index is 967. The van der Waals surface area contributed by atoms with Crippen LogP contribution in [0.2, 0.25) is 0 Å². The molecule has 1 saturated heterocycles. The molecule has 1 aromatic carbocycles. The average molecular weight is 474 g/mol. The molecule has 2 aromatic rings. The fourth-order valence-corrected chi connectivity index (χ4v) is 5.76. The van der Waals surface area contributed by atoms with Crippen LogP contribution in [-0.2, 0) is 19.4 Å². The Kier molecular flexibility index (Phi) is 6.88. The van der Waals surface area contributed by atoms with Crippen LogP contribution in [0.15, 0.2) is 18.2 Å². The van der Waals surface area contributed by atoms with Gasteiger partial charge in [0.1, 0.15) is 11.6 Å². The van der Waals surface area contributed by atoms with Crippen molar-refractivity contribution in [1.29, 1.82) is 0 Å². The van der Waals surface area contributed by atoms with E-state index in [1.165, 1.54) is 23.5 Å². The summed E-state index contributed by atoms with van der Waals surface area (Å²) in [6.07, 6.45) is 7.53. The van der Waals surface area contributed by atoms with E-state index in [4.69, 9.17) is 4.74 Å². The second-order valence-corrected chi connectivity index (χ2v) is 10.00. The molecule has 1 aliphatic heterocycles. The number of aliphatic hydroxyl groups excluding tert-OH is 1. The summed E-state index contributed by atoms with van der Waals surface area (Å²) in [5.74, 6) is 0.680. The molecule has 3 N–H and O–H groups in total. The molecule has 2 aliphatic carbocycles. The molecular formula is C26H36FN3O4. The van der Waals surface area contributed by atoms with E-state index in [0.29, 0.717) is 19.6 Å². The molecule has 1 aromatic heterocycles. The first-order chi connectivity index (χ1) is 16.5. The van der Waals surface area contributed by atoms with Crippen molar-refractivity contribution in [3.63, 3.8) is 0 Å². The summed E-state index contributed by atoms with van der Waals surface area (Å²) in [7, 11) is 0. The van der Waals surface area contributed by atoms with E-state index in [-0.39, 0.29) is 30.2 Å². The Hall–Kier alpha value is -2.45. The number of aromatic hydroxyl groups is 2. The summed E-state index contributed by atoms with van der Waals surface area (Å²) in [5.41, 5.74) is 2.46. The lowest BCUT2D eigenvalue weighted by atomic mass is 9.95. The molecule has 0 bridgehead atoms. The van der Waals surface area contributed by atoms with Crippen LogP contribution in [-0.4, -0.2) is 69.7 Å². The number of aromatic nitrogens is 1. The van der Waals surface area contributed by atoms with Crippen LogP contribution in [0.5, 0.6) is 17.5 Å². The largest absolute Gasteiger partial charge is 0.494 e. The number of β-amino-alcohol motifs (C(OH)–C–C–N with tert-alkyl or cyclic N) is 1. The van der Waals surface area contributed by atoms with Gasteiger partial charge in [0.05, 0.1) is 24.4 Å². The maximum Gasteiger partial charge on any atom is 0.197 e. The van der Waals surface area contributed by atoms with Crippen molar-refractivity contribution < 1.29 is 24.4 Å². The van der Waals surface area contributed by atoms with Crippen molar-refractivity contribution in [2.75, 3.05) is 37.6 Å². The average Bonchev–Trinajstić information content (AvgIpc) is 3.44. The monoisotopic (exact) mass is 473 g/mol. The van der Waals surface area contributed by atoms with E-state index >= 15 is 0 Å². The van der Waals surface area contributed by atoms with E-state index in [0.717, 1.165) is 74.2 Å². The number of benzene rings is 1. The third kappa shape index (κ3) is 4.84. The molecule has 0 spiro atoms. The lowest BCUT2D eigenvalue weighted by Gasteiger charge is -2.37. The smallest absolute Gasteiger partial charge is 0.197 e. The van der Waals surface area contributed by atoms with Crippen LogP contribution in [0.3, 0.4) is 0 Å². The van der Waals surface area contributed by atoms with Crippen molar-refractivity contribution in [3.8, 4) is 17.5 Å². The molecule has 0 amide bonds. The van der Waals surface area contributed by atoms with Gasteiger partial charge in [-0.3, -0.25) is 9.47 Å². The van der Waals surface area contributed by atoms with Crippen LogP contribution >= 0.6 is 0 Å². The Balaban J connectivity index is 1.18. The highest BCUT2D eigenvalue weighted by Crippen LogP contribution is 2.39. The number of piperazine rings is 1. The van der Waals surface area contributed by atoms with Gasteiger partial charge in [-0.1, -0.05) is 0 Å². The first-order valence-corrected chi connectivity index (χ1v) is 12.7. The molecule has 3 aliphatic rings. The number of aliphatic hydroxyl groups is 1. The van der Waals surface area contributed by atoms with Gasteiger partial charge in [-0.25, -0.2) is 4.39 Å². The van der Waals surface area contributed by atoms with Gasteiger partial charge < -0.3 is 25.0 Å². The summed E-state index contributed by atoms with van der Waals surface area (Å²) in [5, 5.41) is 31.8. The summed E-state index contributed by atoms with van der Waals surface area (Å²) >= 11 is 0. The van der Waals surface area contributed by atoms with Crippen LogP contribution in [0.25, 0.3) is 0 Å². The summed E-state index contributed by atoms with van der Waals surface area (Å²) in [4.78, 5) is 4.34. The van der Waals surface area contributed by atoms with Crippen molar-refractivity contribution in [2.24, 2.45) is 0 Å². The summed E-state index contributed by atoms with van der Waals surface area (Å²) < 4.78 is 21.7. The van der Waals surface area contributed by atoms with Gasteiger partial charge in [-0.2, -0.15) is 0 Å². The number of nitrogens with zero attached hydrogens (tertiary/aromatic N) is 3. The minimum atomic E-state index is -0.715. The van der Waals surface area contributed by atoms with Crippen molar-refractivity contribution in [3.05, 3.63) is 35.1 Å². The minimum absolute atomic E-state index is 0.0944. The van der Waals surface area contributed by atoms with Gasteiger partial charge in [0.2, 0.25) is 0 Å². The number of fused-ring (bicyclic) bond motifs is 1. The molecule has 2 fully saturated rings. The highest BCUT2D eigenvalue weighted by molar-refractivity contribution is 5.59. The number of hydrogen-bond donors (Lipinski definition) is 3. The van der Waals surface area contributed by atoms with Crippen molar-refractivity contribution in [2.45, 2.75) is 70.1 Å². The zero-order chi connectivity index (χ0) is 23.7. The molecule has 0 radical (unpaired) electrons. The highest BCUT2D eigenvalue weighted by Gasteiger charge is 2.27. The standard InChI is InChI=1S/C26H36FN3O4/c27-18-9-10-24(34-20-5-1-2-6-20)23(15-18)29-13-11-28(12-14-29)16-19(31)17-30-25(32)21-7-3-4-8-22(21)26(30)33/h9-10,15,19-20,31-33H,1-8,11-14,16-17H2. The van der Waals surface area contributed by atoms with Gasteiger partial charge >= 0.3 is 0 Å². The van der Waals surface area contributed by atoms with Gasteiger partial charge in [0, 0.05) is 49.9 Å². The molecule has 1 unspecified atom stereocenters. The fraction of sp³-hybridized carbons (Fsp3) is 0.615. The predicted molar refractivity (Wildman–Crippen MR) is 128 cm³/mol. The van der Waals surface area contributed by atoms with Crippen LogP contribution in [0, 0.1) is 5.82 Å². The summed E-state index contributed by atoms with van der Waals surface area (Å²) in [6.45, 7) is 3.50. The van der Waals surface area contributed by atoms with Crippen LogP contribution in [0.4, 0.5) is 10.1 Å². The van der Waals surface area contributed by atoms with Crippen LogP contribution < -0.4 is 9.64 Å². The second kappa shape index (κ2) is 10.0. The van der Waals surface area contributed by atoms with E-state index < -0.39 is 6.10 Å². The second-order valence-electron chi connectivity index (χ2n) is 10.00. The Morgan fingerprint density at radius 3 is 2.21 bits per heavy atom. The van der Waals surface area contributed by atoms with Gasteiger partial charge in [-0.05, 0) is 63.5 Å². The lowest BCUT2D eigenvalue weighted by Crippen LogP contribution is -2.49. The SMILES string of the molecule is Oc1c2c(c(O)n1CC(O)CN1CCN(c3cc(F)ccc3OC3CCCC3)CC1)CCCC2. The van der Waals surface area contributed by atoms with Crippen LogP contribution in [0.1, 0.15) is 49.7 Å². The van der Waals surface area contributed by atoms with E-state index in [1.807, 2.05) is 0 Å². The quantitative estimate of drug-likeness (QED) is 0.572. The Labute approximate surface area is 200 Å². The maximum atomic E-state index is 14.1. The summed E-state index contributed by atoms with van der Waals surface area (Å²) in [6, 6.07) is 4.77. The maximum absolute atomic E-state index is 14.1. The molecule has 1 saturated carbocycles. The van der Waals surface area contributed by atoms with Crippen molar-refractivity contribution in [1.82, 2.24) is 9.47 Å². The highest BCUT2D eigenvalue weighted by atomic mass is 19.1. The first kappa shape index (κ1) is 23.3. The fourth-order valence-electron chi connectivity index (χ4n) is 5.76. The molecule has 8 heteroatoms. The molecular weight excluding hydrogens is 437 g/mol. The number of anilines is 1. The third-order valence-electron chi connectivity index (χ3n) is 7.61.